The van der Waals surface area contributed by atoms with Crippen LogP contribution in [0.25, 0.3) is 22.3 Å². The van der Waals surface area contributed by atoms with E-state index < -0.39 is 0 Å². The lowest BCUT2D eigenvalue weighted by Crippen LogP contribution is -2.23. The predicted octanol–water partition coefficient (Wildman–Crippen LogP) is 4.84. The maximum Gasteiger partial charge on any atom is 0.204 e. The molecular formula is C24H29NO4. The molecule has 0 radical (unpaired) electrons. The quantitative estimate of drug-likeness (QED) is 0.525. The summed E-state index contributed by atoms with van der Waals surface area (Å²) >= 11 is 0. The maximum atomic E-state index is 12.5. The van der Waals surface area contributed by atoms with Gasteiger partial charge in [0.1, 0.15) is 5.76 Å². The normalized spacial score (nSPS) is 11.3. The molecule has 0 spiro atoms. The van der Waals surface area contributed by atoms with Crippen LogP contribution in [-0.4, -0.2) is 36.8 Å². The maximum absolute atomic E-state index is 12.5. The number of phenols is 1. The van der Waals surface area contributed by atoms with Crippen molar-refractivity contribution < 1.29 is 14.3 Å². The smallest absolute Gasteiger partial charge is 0.204 e. The Balaban J connectivity index is 1.76. The van der Waals surface area contributed by atoms with E-state index in [0.29, 0.717) is 11.1 Å². The summed E-state index contributed by atoms with van der Waals surface area (Å²) < 4.78 is 11.2. The third-order valence-electron chi connectivity index (χ3n) is 5.36. The Morgan fingerprint density at radius 2 is 1.76 bits per heavy atom. The van der Waals surface area contributed by atoms with Crippen LogP contribution in [0.4, 0.5) is 0 Å². The molecule has 0 saturated heterocycles. The lowest BCUT2D eigenvalue weighted by molar-refractivity contribution is 0.297. The minimum atomic E-state index is -0.167. The van der Waals surface area contributed by atoms with Crippen molar-refractivity contribution in [3.05, 3.63) is 58.3 Å². The van der Waals surface area contributed by atoms with Crippen molar-refractivity contribution in [2.45, 2.75) is 33.1 Å². The molecule has 0 amide bonds. The fraction of sp³-hybridized carbons (Fsp3) is 0.375. The lowest BCUT2D eigenvalue weighted by Gasteiger charge is -2.17. The third kappa shape index (κ3) is 4.80. The third-order valence-corrected chi connectivity index (χ3v) is 5.36. The Labute approximate surface area is 171 Å². The van der Waals surface area contributed by atoms with Crippen molar-refractivity contribution in [1.29, 1.82) is 0 Å². The van der Waals surface area contributed by atoms with E-state index in [-0.39, 0.29) is 22.5 Å². The van der Waals surface area contributed by atoms with E-state index in [1.54, 1.807) is 6.07 Å². The van der Waals surface area contributed by atoms with Crippen molar-refractivity contribution >= 4 is 11.0 Å². The van der Waals surface area contributed by atoms with E-state index in [1.807, 2.05) is 12.1 Å². The van der Waals surface area contributed by atoms with E-state index >= 15 is 0 Å². The van der Waals surface area contributed by atoms with Gasteiger partial charge in [0.05, 0.1) is 12.5 Å². The SMILES string of the molecule is CCN(CC)CCCCc1ccc(-c2cc(=O)c3ccc(O)c(OC)c3o2)cc1. The number of nitrogens with zero attached hydrogens (tertiary/aromatic N) is 1. The van der Waals surface area contributed by atoms with Crippen molar-refractivity contribution in [2.75, 3.05) is 26.7 Å². The van der Waals surface area contributed by atoms with Crippen molar-refractivity contribution in [1.82, 2.24) is 4.90 Å². The minimum Gasteiger partial charge on any atom is -0.504 e. The number of unbranched alkanes of at least 4 members (excludes halogenated alkanes) is 1. The first-order valence-electron chi connectivity index (χ1n) is 10.2. The molecule has 0 bridgehead atoms. The summed E-state index contributed by atoms with van der Waals surface area (Å²) in [5.41, 5.74) is 2.18. The van der Waals surface area contributed by atoms with E-state index in [2.05, 4.69) is 30.9 Å². The first kappa shape index (κ1) is 20.9. The number of hydrogen-bond acceptors (Lipinski definition) is 5. The second-order valence-corrected chi connectivity index (χ2v) is 7.15. The summed E-state index contributed by atoms with van der Waals surface area (Å²) in [7, 11) is 1.44. The highest BCUT2D eigenvalue weighted by Gasteiger charge is 2.14. The number of ether oxygens (including phenoxy) is 1. The Bertz CT molecular complexity index is 1000. The van der Waals surface area contributed by atoms with Crippen molar-refractivity contribution in [3.8, 4) is 22.8 Å². The molecule has 0 saturated carbocycles. The van der Waals surface area contributed by atoms with Crippen LogP contribution < -0.4 is 10.2 Å². The van der Waals surface area contributed by atoms with Crippen LogP contribution in [0.15, 0.2) is 51.7 Å². The summed E-state index contributed by atoms with van der Waals surface area (Å²) in [6.45, 7) is 7.74. The fourth-order valence-electron chi connectivity index (χ4n) is 3.56. The zero-order valence-electron chi connectivity index (χ0n) is 17.4. The van der Waals surface area contributed by atoms with Gasteiger partial charge < -0.3 is 19.2 Å². The number of phenolic OH excluding ortho intramolecular Hbond substituents is 1. The number of hydrogen-bond donors (Lipinski definition) is 1. The van der Waals surface area contributed by atoms with Crippen LogP contribution in [0.1, 0.15) is 32.3 Å². The number of aryl methyl sites for hydroxylation is 1. The van der Waals surface area contributed by atoms with Crippen molar-refractivity contribution in [3.63, 3.8) is 0 Å². The zero-order chi connectivity index (χ0) is 20.8. The summed E-state index contributed by atoms with van der Waals surface area (Å²) in [5.74, 6) is 0.575. The number of benzene rings is 2. The van der Waals surface area contributed by atoms with Gasteiger partial charge in [0, 0.05) is 11.6 Å². The average molecular weight is 395 g/mol. The molecule has 0 aliphatic carbocycles. The van der Waals surface area contributed by atoms with E-state index in [4.69, 9.17) is 9.15 Å². The summed E-state index contributed by atoms with van der Waals surface area (Å²) in [6.07, 6.45) is 3.37. The largest absolute Gasteiger partial charge is 0.504 e. The average Bonchev–Trinajstić information content (AvgIpc) is 2.74. The van der Waals surface area contributed by atoms with E-state index in [9.17, 15) is 9.90 Å². The predicted molar refractivity (Wildman–Crippen MR) is 117 cm³/mol. The lowest BCUT2D eigenvalue weighted by atomic mass is 10.0. The molecule has 1 heterocycles. The number of fused-ring (bicyclic) bond motifs is 1. The van der Waals surface area contributed by atoms with Crippen LogP contribution in [0.2, 0.25) is 0 Å². The molecule has 1 aromatic heterocycles. The summed E-state index contributed by atoms with van der Waals surface area (Å²) in [6, 6.07) is 12.6. The van der Waals surface area contributed by atoms with Crippen LogP contribution in [0, 0.1) is 0 Å². The molecule has 0 fully saturated rings. The van der Waals surface area contributed by atoms with Gasteiger partial charge in [-0.05, 0) is 56.6 Å². The van der Waals surface area contributed by atoms with Gasteiger partial charge in [-0.3, -0.25) is 4.79 Å². The number of methoxy groups -OCH3 is 1. The van der Waals surface area contributed by atoms with Crippen molar-refractivity contribution in [2.24, 2.45) is 0 Å². The molecule has 1 N–H and O–H groups in total. The van der Waals surface area contributed by atoms with E-state index in [1.165, 1.54) is 31.2 Å². The Morgan fingerprint density at radius 1 is 1.03 bits per heavy atom. The molecule has 0 aliphatic heterocycles. The Hall–Kier alpha value is -2.79. The van der Waals surface area contributed by atoms with Gasteiger partial charge in [0.15, 0.2) is 16.8 Å². The molecule has 0 aliphatic rings. The van der Waals surface area contributed by atoms with Crippen LogP contribution >= 0.6 is 0 Å². The first-order valence-corrected chi connectivity index (χ1v) is 10.2. The molecule has 3 rings (SSSR count). The highest BCUT2D eigenvalue weighted by atomic mass is 16.5. The second kappa shape index (κ2) is 9.61. The second-order valence-electron chi connectivity index (χ2n) is 7.15. The highest BCUT2D eigenvalue weighted by Crippen LogP contribution is 2.35. The van der Waals surface area contributed by atoms with Gasteiger partial charge in [-0.15, -0.1) is 0 Å². The van der Waals surface area contributed by atoms with Gasteiger partial charge in [0.25, 0.3) is 0 Å². The number of aromatic hydroxyl groups is 1. The minimum absolute atomic E-state index is 0.0552. The van der Waals surface area contributed by atoms with Gasteiger partial charge in [-0.1, -0.05) is 38.1 Å². The molecule has 29 heavy (non-hydrogen) atoms. The van der Waals surface area contributed by atoms with Gasteiger partial charge in [0.2, 0.25) is 5.75 Å². The molecule has 154 valence electrons. The molecule has 0 unspecified atom stereocenters. The Kier molecular flexibility index (Phi) is 6.94. The molecule has 0 atom stereocenters. The molecule has 2 aromatic carbocycles. The summed E-state index contributed by atoms with van der Waals surface area (Å²) in [5, 5.41) is 10.4. The highest BCUT2D eigenvalue weighted by molar-refractivity contribution is 5.86. The molecule has 5 nitrogen and oxygen atoms in total. The molecule has 5 heteroatoms. The van der Waals surface area contributed by atoms with Gasteiger partial charge in [-0.2, -0.15) is 0 Å². The first-order chi connectivity index (χ1) is 14.1. The van der Waals surface area contributed by atoms with Gasteiger partial charge in [-0.25, -0.2) is 0 Å². The number of rotatable bonds is 9. The van der Waals surface area contributed by atoms with Gasteiger partial charge >= 0.3 is 0 Å². The zero-order valence-corrected chi connectivity index (χ0v) is 17.4. The molecule has 3 aromatic rings. The fourth-order valence-corrected chi connectivity index (χ4v) is 3.56. The van der Waals surface area contributed by atoms with Crippen LogP contribution in [0.5, 0.6) is 11.5 Å². The van der Waals surface area contributed by atoms with E-state index in [0.717, 1.165) is 38.0 Å². The topological polar surface area (TPSA) is 62.9 Å². The Morgan fingerprint density at radius 3 is 2.41 bits per heavy atom. The molecular weight excluding hydrogens is 366 g/mol. The monoisotopic (exact) mass is 395 g/mol. The summed E-state index contributed by atoms with van der Waals surface area (Å²) in [4.78, 5) is 14.9. The van der Waals surface area contributed by atoms with Crippen LogP contribution in [0.3, 0.4) is 0 Å². The van der Waals surface area contributed by atoms with Crippen LogP contribution in [-0.2, 0) is 6.42 Å². The standard InChI is InChI=1S/C24H29NO4/c1-4-25(5-2)15-7-6-8-17-9-11-18(12-10-17)22-16-21(27)19-13-14-20(26)24(28-3)23(19)29-22/h9-14,16,26H,4-8,15H2,1-3H3.